The maximum atomic E-state index is 11.5. The fourth-order valence-corrected chi connectivity index (χ4v) is 4.39. The van der Waals surface area contributed by atoms with Gasteiger partial charge in [-0.3, -0.25) is 13.8 Å². The predicted octanol–water partition coefficient (Wildman–Crippen LogP) is 2.43. The molecule has 1 aliphatic rings. The van der Waals surface area contributed by atoms with Crippen molar-refractivity contribution in [1.82, 2.24) is 14.7 Å². The average molecular weight is 317 g/mol. The van der Waals surface area contributed by atoms with Crippen LogP contribution in [0.1, 0.15) is 18.4 Å². The van der Waals surface area contributed by atoms with E-state index in [-0.39, 0.29) is 0 Å². The van der Waals surface area contributed by atoms with Crippen LogP contribution in [0.2, 0.25) is 0 Å². The first-order valence-electron chi connectivity index (χ1n) is 7.76. The van der Waals surface area contributed by atoms with Crippen molar-refractivity contribution in [3.05, 3.63) is 42.1 Å². The highest BCUT2D eigenvalue weighted by Gasteiger charge is 2.23. The molecule has 3 rings (SSSR count). The van der Waals surface area contributed by atoms with Crippen LogP contribution in [0.4, 0.5) is 0 Å². The Balaban J connectivity index is 1.76. The van der Waals surface area contributed by atoms with Crippen molar-refractivity contribution in [1.29, 1.82) is 0 Å². The predicted molar refractivity (Wildman–Crippen MR) is 91.0 cm³/mol. The Morgan fingerprint density at radius 3 is 2.64 bits per heavy atom. The Kier molecular flexibility index (Phi) is 4.74. The summed E-state index contributed by atoms with van der Waals surface area (Å²) in [6.45, 7) is 0.884. The minimum Gasteiger partial charge on any atom is -0.299 e. The van der Waals surface area contributed by atoms with Crippen LogP contribution >= 0.6 is 0 Å². The van der Waals surface area contributed by atoms with Crippen molar-refractivity contribution >= 4 is 10.8 Å². The molecule has 0 atom stereocenters. The van der Waals surface area contributed by atoms with Crippen LogP contribution in [0, 0.1) is 0 Å². The SMILES string of the molecule is CN(Cc1cn(C)nc1-c1ccccc1)C1CCS(=O)CC1. The molecular weight excluding hydrogens is 294 g/mol. The van der Waals surface area contributed by atoms with Crippen LogP contribution < -0.4 is 0 Å². The van der Waals surface area contributed by atoms with E-state index in [0.29, 0.717) is 6.04 Å². The van der Waals surface area contributed by atoms with E-state index in [1.807, 2.05) is 29.9 Å². The zero-order chi connectivity index (χ0) is 15.5. The molecule has 0 amide bonds. The van der Waals surface area contributed by atoms with Gasteiger partial charge in [-0.2, -0.15) is 5.10 Å². The molecular formula is C17H23N3OS. The molecule has 22 heavy (non-hydrogen) atoms. The van der Waals surface area contributed by atoms with Gasteiger partial charge in [0, 0.05) is 59.3 Å². The van der Waals surface area contributed by atoms with Crippen LogP contribution in [-0.2, 0) is 24.4 Å². The number of hydrogen-bond acceptors (Lipinski definition) is 3. The number of benzene rings is 1. The van der Waals surface area contributed by atoms with Gasteiger partial charge in [-0.15, -0.1) is 0 Å². The minimum absolute atomic E-state index is 0.529. The summed E-state index contributed by atoms with van der Waals surface area (Å²) < 4.78 is 13.4. The lowest BCUT2D eigenvalue weighted by Crippen LogP contribution is -2.37. The molecule has 1 aliphatic heterocycles. The van der Waals surface area contributed by atoms with Crippen LogP contribution in [-0.4, -0.2) is 43.5 Å². The monoisotopic (exact) mass is 317 g/mol. The molecule has 1 aromatic carbocycles. The Bertz CT molecular complexity index is 643. The Labute approximate surface area is 134 Å². The molecule has 0 spiro atoms. The third-order valence-corrected chi connectivity index (χ3v) is 5.73. The van der Waals surface area contributed by atoms with Crippen molar-refractivity contribution in [2.45, 2.75) is 25.4 Å². The Morgan fingerprint density at radius 1 is 1.27 bits per heavy atom. The van der Waals surface area contributed by atoms with E-state index in [4.69, 9.17) is 0 Å². The number of hydrogen-bond donors (Lipinski definition) is 0. The van der Waals surface area contributed by atoms with E-state index in [1.165, 1.54) is 5.56 Å². The van der Waals surface area contributed by atoms with E-state index in [0.717, 1.165) is 42.1 Å². The number of nitrogens with zero attached hydrogens (tertiary/aromatic N) is 3. The third kappa shape index (κ3) is 3.47. The summed E-state index contributed by atoms with van der Waals surface area (Å²) in [5, 5.41) is 4.63. The summed E-state index contributed by atoms with van der Waals surface area (Å²) in [5.41, 5.74) is 3.48. The van der Waals surface area contributed by atoms with Crippen molar-refractivity contribution in [3.8, 4) is 11.3 Å². The average Bonchev–Trinajstić information content (AvgIpc) is 2.89. The molecule has 0 saturated carbocycles. The van der Waals surface area contributed by atoms with Gasteiger partial charge in [0.15, 0.2) is 0 Å². The molecule has 118 valence electrons. The van der Waals surface area contributed by atoms with Crippen molar-refractivity contribution in [2.75, 3.05) is 18.6 Å². The maximum Gasteiger partial charge on any atom is 0.0968 e. The van der Waals surface area contributed by atoms with Gasteiger partial charge in [-0.05, 0) is 19.9 Å². The maximum absolute atomic E-state index is 11.5. The lowest BCUT2D eigenvalue weighted by molar-refractivity contribution is 0.220. The van der Waals surface area contributed by atoms with E-state index < -0.39 is 10.8 Å². The lowest BCUT2D eigenvalue weighted by Gasteiger charge is -2.30. The van der Waals surface area contributed by atoms with E-state index in [9.17, 15) is 4.21 Å². The first kappa shape index (κ1) is 15.4. The Morgan fingerprint density at radius 2 is 1.95 bits per heavy atom. The topological polar surface area (TPSA) is 38.1 Å². The van der Waals surface area contributed by atoms with Crippen LogP contribution in [0.3, 0.4) is 0 Å². The molecule has 1 fully saturated rings. The highest BCUT2D eigenvalue weighted by atomic mass is 32.2. The smallest absolute Gasteiger partial charge is 0.0968 e. The highest BCUT2D eigenvalue weighted by molar-refractivity contribution is 7.85. The molecule has 0 bridgehead atoms. The van der Waals surface area contributed by atoms with Crippen molar-refractivity contribution < 1.29 is 4.21 Å². The van der Waals surface area contributed by atoms with Gasteiger partial charge in [0.2, 0.25) is 0 Å². The second-order valence-electron chi connectivity index (χ2n) is 6.04. The normalized spacial score (nSPS) is 22.1. The zero-order valence-corrected chi connectivity index (χ0v) is 14.1. The zero-order valence-electron chi connectivity index (χ0n) is 13.2. The van der Waals surface area contributed by atoms with Crippen molar-refractivity contribution in [3.63, 3.8) is 0 Å². The van der Waals surface area contributed by atoms with E-state index in [1.54, 1.807) is 0 Å². The fourth-order valence-electron chi connectivity index (χ4n) is 3.11. The highest BCUT2D eigenvalue weighted by Crippen LogP contribution is 2.24. The first-order valence-corrected chi connectivity index (χ1v) is 9.25. The lowest BCUT2D eigenvalue weighted by atomic mass is 10.1. The number of aryl methyl sites for hydroxylation is 1. The van der Waals surface area contributed by atoms with Crippen LogP contribution in [0.25, 0.3) is 11.3 Å². The van der Waals surface area contributed by atoms with E-state index in [2.05, 4.69) is 35.4 Å². The second kappa shape index (κ2) is 6.75. The molecule has 1 saturated heterocycles. The molecule has 2 heterocycles. The third-order valence-electron chi connectivity index (χ3n) is 4.35. The fraction of sp³-hybridized carbons (Fsp3) is 0.471. The quantitative estimate of drug-likeness (QED) is 0.869. The van der Waals surface area contributed by atoms with Gasteiger partial charge >= 0.3 is 0 Å². The largest absolute Gasteiger partial charge is 0.299 e. The molecule has 5 heteroatoms. The Hall–Kier alpha value is -1.46. The van der Waals surface area contributed by atoms with Gasteiger partial charge < -0.3 is 0 Å². The molecule has 1 aromatic heterocycles. The van der Waals surface area contributed by atoms with Crippen LogP contribution in [0.15, 0.2) is 36.5 Å². The minimum atomic E-state index is -0.597. The van der Waals surface area contributed by atoms with E-state index >= 15 is 0 Å². The number of aromatic nitrogens is 2. The molecule has 2 aromatic rings. The summed E-state index contributed by atoms with van der Waals surface area (Å²) in [6, 6.07) is 10.9. The summed E-state index contributed by atoms with van der Waals surface area (Å²) in [4.78, 5) is 2.39. The van der Waals surface area contributed by atoms with Crippen molar-refractivity contribution in [2.24, 2.45) is 7.05 Å². The van der Waals surface area contributed by atoms with Gasteiger partial charge in [0.1, 0.15) is 0 Å². The number of rotatable bonds is 4. The molecule has 4 nitrogen and oxygen atoms in total. The van der Waals surface area contributed by atoms with Gasteiger partial charge in [0.05, 0.1) is 5.69 Å². The summed E-state index contributed by atoms with van der Waals surface area (Å²) >= 11 is 0. The second-order valence-corrected chi connectivity index (χ2v) is 7.73. The summed E-state index contributed by atoms with van der Waals surface area (Å²) in [5.74, 6) is 1.68. The van der Waals surface area contributed by atoms with Gasteiger partial charge in [0.25, 0.3) is 0 Å². The molecule has 0 unspecified atom stereocenters. The molecule has 0 N–H and O–H groups in total. The standard InChI is InChI=1S/C17H23N3OS/c1-19(16-8-10-22(21)11-9-16)12-15-13-20(2)18-17(15)14-6-4-3-5-7-14/h3-7,13,16H,8-12H2,1-2H3. The van der Waals surface area contributed by atoms with Crippen LogP contribution in [0.5, 0.6) is 0 Å². The first-order chi connectivity index (χ1) is 10.6. The van der Waals surface area contributed by atoms with Gasteiger partial charge in [-0.25, -0.2) is 0 Å². The molecule has 0 aliphatic carbocycles. The van der Waals surface area contributed by atoms with Gasteiger partial charge in [-0.1, -0.05) is 30.3 Å². The summed E-state index contributed by atoms with van der Waals surface area (Å²) in [7, 11) is 3.54. The summed E-state index contributed by atoms with van der Waals surface area (Å²) in [6.07, 6.45) is 4.17. The molecule has 0 radical (unpaired) electrons.